The highest BCUT2D eigenvalue weighted by molar-refractivity contribution is 7.86. The number of amides is 1. The maximum atomic E-state index is 12.6. The average Bonchev–Trinajstić information content (AvgIpc) is 2.67. The topological polar surface area (TPSA) is 99.8 Å². The lowest BCUT2D eigenvalue weighted by Crippen LogP contribution is -2.52. The maximum Gasteiger partial charge on any atom is 0.281 e. The summed E-state index contributed by atoms with van der Waals surface area (Å²) in [5.41, 5.74) is 6.46. The largest absolute Gasteiger partial charge is 0.368 e. The van der Waals surface area contributed by atoms with Gasteiger partial charge in [0.15, 0.2) is 0 Å². The van der Waals surface area contributed by atoms with Gasteiger partial charge in [-0.05, 0) is 30.9 Å². The van der Waals surface area contributed by atoms with Crippen LogP contribution in [0.3, 0.4) is 0 Å². The van der Waals surface area contributed by atoms with Crippen LogP contribution in [0.2, 0.25) is 0 Å². The van der Waals surface area contributed by atoms with Crippen LogP contribution in [0.5, 0.6) is 0 Å². The first kappa shape index (κ1) is 21.0. The highest BCUT2D eigenvalue weighted by atomic mass is 32.2. The van der Waals surface area contributed by atoms with Gasteiger partial charge in [-0.25, -0.2) is 4.98 Å². The highest BCUT2D eigenvalue weighted by Gasteiger charge is 2.38. The van der Waals surface area contributed by atoms with Gasteiger partial charge in [-0.2, -0.15) is 17.0 Å². The Balaban J connectivity index is 1.88. The van der Waals surface area contributed by atoms with Gasteiger partial charge >= 0.3 is 0 Å². The van der Waals surface area contributed by atoms with E-state index in [2.05, 4.69) is 13.0 Å². The number of carbonyl (C=O) groups is 1. The molecule has 1 amide bonds. The van der Waals surface area contributed by atoms with Crippen LogP contribution in [0, 0.1) is 12.0 Å². The van der Waals surface area contributed by atoms with Crippen LogP contribution in [-0.2, 0) is 15.0 Å². The number of carbonyl (C=O) groups excluding carboxylic acids is 1. The van der Waals surface area contributed by atoms with Crippen LogP contribution in [0.15, 0.2) is 12.1 Å². The van der Waals surface area contributed by atoms with Gasteiger partial charge in [-0.15, -0.1) is 0 Å². The molecule has 8 nitrogen and oxygen atoms in total. The second kappa shape index (κ2) is 8.34. The molecule has 9 heteroatoms. The van der Waals surface area contributed by atoms with E-state index in [0.29, 0.717) is 50.9 Å². The molecule has 2 saturated heterocycles. The third kappa shape index (κ3) is 4.01. The SMILES string of the molecule is CCN1CC(c2cc[c]c(N3CCC(C)CC3C(N)=O)n2)CN(CC)S1(=O)=O. The number of aromatic nitrogens is 1. The van der Waals surface area contributed by atoms with Gasteiger partial charge in [-0.3, -0.25) is 4.79 Å². The second-order valence-corrected chi connectivity index (χ2v) is 9.61. The number of hydrogen-bond donors (Lipinski definition) is 1. The Hall–Kier alpha value is -1.71. The summed E-state index contributed by atoms with van der Waals surface area (Å²) in [6.07, 6.45) is 1.68. The molecule has 0 aliphatic carbocycles. The van der Waals surface area contributed by atoms with Crippen molar-refractivity contribution in [2.45, 2.75) is 45.6 Å². The molecule has 3 rings (SSSR count). The van der Waals surface area contributed by atoms with E-state index in [1.54, 1.807) is 0 Å². The van der Waals surface area contributed by atoms with Crippen LogP contribution >= 0.6 is 0 Å². The van der Waals surface area contributed by atoms with Crippen LogP contribution in [-0.4, -0.2) is 66.7 Å². The minimum atomic E-state index is -3.40. The van der Waals surface area contributed by atoms with Gasteiger partial charge < -0.3 is 10.6 Å². The van der Waals surface area contributed by atoms with E-state index in [1.807, 2.05) is 30.9 Å². The summed E-state index contributed by atoms with van der Waals surface area (Å²) in [5, 5.41) is 0. The van der Waals surface area contributed by atoms with Crippen LogP contribution in [0.25, 0.3) is 0 Å². The number of likely N-dealkylation sites (N-methyl/N-ethyl adjacent to an activating group) is 2. The quantitative estimate of drug-likeness (QED) is 0.782. The van der Waals surface area contributed by atoms with Crippen molar-refractivity contribution in [1.29, 1.82) is 0 Å². The fourth-order valence-corrected chi connectivity index (χ4v) is 5.82. The highest BCUT2D eigenvalue weighted by Crippen LogP contribution is 2.30. The summed E-state index contributed by atoms with van der Waals surface area (Å²) >= 11 is 0. The Bertz CT molecular complexity index is 796. The first-order chi connectivity index (χ1) is 13.3. The fourth-order valence-electron chi connectivity index (χ4n) is 4.11. The minimum Gasteiger partial charge on any atom is -0.368 e. The van der Waals surface area contributed by atoms with Gasteiger partial charge in [0, 0.05) is 50.4 Å². The number of primary amides is 1. The zero-order valence-corrected chi connectivity index (χ0v) is 17.7. The molecule has 1 aromatic heterocycles. The molecule has 0 spiro atoms. The molecule has 1 aromatic rings. The summed E-state index contributed by atoms with van der Waals surface area (Å²) in [6.45, 7) is 8.19. The van der Waals surface area contributed by atoms with E-state index in [1.165, 1.54) is 8.61 Å². The average molecular weight is 409 g/mol. The third-order valence-corrected chi connectivity index (χ3v) is 7.91. The van der Waals surface area contributed by atoms with Crippen molar-refractivity contribution in [3.63, 3.8) is 0 Å². The molecular formula is C19H30N5O3S. The van der Waals surface area contributed by atoms with Crippen molar-refractivity contribution in [3.05, 3.63) is 23.9 Å². The van der Waals surface area contributed by atoms with E-state index >= 15 is 0 Å². The predicted molar refractivity (Wildman–Crippen MR) is 108 cm³/mol. The Morgan fingerprint density at radius 2 is 1.93 bits per heavy atom. The molecule has 2 aliphatic heterocycles. The van der Waals surface area contributed by atoms with Crippen molar-refractivity contribution < 1.29 is 13.2 Å². The summed E-state index contributed by atoms with van der Waals surface area (Å²) in [5.74, 6) is 0.683. The van der Waals surface area contributed by atoms with Gasteiger partial charge in [-0.1, -0.05) is 20.8 Å². The first-order valence-corrected chi connectivity index (χ1v) is 11.4. The molecule has 1 radical (unpaired) electrons. The normalized spacial score (nSPS) is 27.0. The van der Waals surface area contributed by atoms with Gasteiger partial charge in [0.2, 0.25) is 5.91 Å². The second-order valence-electron chi connectivity index (χ2n) is 7.69. The molecule has 2 N–H and O–H groups in total. The van der Waals surface area contributed by atoms with Crippen molar-refractivity contribution in [1.82, 2.24) is 13.6 Å². The Morgan fingerprint density at radius 3 is 2.50 bits per heavy atom. The molecule has 0 bridgehead atoms. The van der Waals surface area contributed by atoms with E-state index in [0.717, 1.165) is 12.1 Å². The maximum absolute atomic E-state index is 12.6. The number of rotatable bonds is 5. The molecule has 155 valence electrons. The Labute approximate surface area is 167 Å². The van der Waals surface area contributed by atoms with Crippen molar-refractivity contribution >= 4 is 21.9 Å². The molecule has 2 unspecified atom stereocenters. The summed E-state index contributed by atoms with van der Waals surface area (Å²) < 4.78 is 28.2. The predicted octanol–water partition coefficient (Wildman–Crippen LogP) is 0.958. The summed E-state index contributed by atoms with van der Waals surface area (Å²) in [4.78, 5) is 18.7. The number of hydrogen-bond acceptors (Lipinski definition) is 5. The van der Waals surface area contributed by atoms with Gasteiger partial charge in [0.25, 0.3) is 10.2 Å². The first-order valence-electron chi connectivity index (χ1n) is 9.97. The van der Waals surface area contributed by atoms with E-state index in [9.17, 15) is 13.2 Å². The van der Waals surface area contributed by atoms with E-state index in [-0.39, 0.29) is 17.9 Å². The molecule has 0 aromatic carbocycles. The number of pyridine rings is 1. The number of anilines is 1. The molecule has 2 fully saturated rings. The molecule has 28 heavy (non-hydrogen) atoms. The number of nitrogens with two attached hydrogens (primary N) is 1. The van der Waals surface area contributed by atoms with Crippen LogP contribution in [0.1, 0.15) is 45.2 Å². The van der Waals surface area contributed by atoms with Crippen LogP contribution < -0.4 is 10.6 Å². The van der Waals surface area contributed by atoms with Crippen molar-refractivity contribution in [2.75, 3.05) is 37.6 Å². The standard InChI is InChI=1S/C19H30N5O3S/c1-4-22-12-15(13-23(5-2)28(22,26)27)16-7-6-8-18(21-16)24-10-9-14(3)11-17(24)19(20)25/h6-7,14-15,17H,4-5,9-13H2,1-3H3,(H2,20,25). The van der Waals surface area contributed by atoms with E-state index < -0.39 is 10.2 Å². The Morgan fingerprint density at radius 1 is 1.29 bits per heavy atom. The molecular weight excluding hydrogens is 378 g/mol. The van der Waals surface area contributed by atoms with Gasteiger partial charge in [0.1, 0.15) is 11.9 Å². The lowest BCUT2D eigenvalue weighted by molar-refractivity contribution is -0.120. The molecule has 2 aliphatic rings. The monoisotopic (exact) mass is 408 g/mol. The Kier molecular flexibility index (Phi) is 6.26. The molecule has 0 saturated carbocycles. The van der Waals surface area contributed by atoms with Crippen molar-refractivity contribution in [2.24, 2.45) is 11.7 Å². The third-order valence-electron chi connectivity index (χ3n) is 5.79. The van der Waals surface area contributed by atoms with E-state index in [4.69, 9.17) is 10.7 Å². The van der Waals surface area contributed by atoms with Crippen LogP contribution in [0.4, 0.5) is 5.82 Å². The van der Waals surface area contributed by atoms with Crippen molar-refractivity contribution in [3.8, 4) is 0 Å². The summed E-state index contributed by atoms with van der Waals surface area (Å²) in [6, 6.07) is 6.46. The smallest absolute Gasteiger partial charge is 0.281 e. The summed E-state index contributed by atoms with van der Waals surface area (Å²) in [7, 11) is -3.40. The lowest BCUT2D eigenvalue weighted by Gasteiger charge is -2.39. The molecule has 3 heterocycles. The fraction of sp³-hybridized carbons (Fsp3) is 0.684. The minimum absolute atomic E-state index is 0.0347. The number of nitrogens with zero attached hydrogens (tertiary/aromatic N) is 4. The van der Waals surface area contributed by atoms with Gasteiger partial charge in [0.05, 0.1) is 0 Å². The zero-order chi connectivity index (χ0) is 20.5. The zero-order valence-electron chi connectivity index (χ0n) is 16.8. The lowest BCUT2D eigenvalue weighted by atomic mass is 9.92. The number of piperidine rings is 1. The molecule has 2 atom stereocenters.